The van der Waals surface area contributed by atoms with E-state index in [0.29, 0.717) is 61.0 Å². The third-order valence-electron chi connectivity index (χ3n) is 6.32. The molecule has 2 atom stereocenters. The molecule has 1 aliphatic heterocycles. The van der Waals surface area contributed by atoms with Crippen LogP contribution in [0.1, 0.15) is 25.0 Å². The van der Waals surface area contributed by atoms with Gasteiger partial charge in [-0.2, -0.15) is 4.55 Å². The second-order valence-electron chi connectivity index (χ2n) is 9.13. The van der Waals surface area contributed by atoms with Crippen LogP contribution in [0.5, 0.6) is 0 Å². The SMILES string of the molecule is CC(C)[S+](O)N1CCN(/C(C=[NH2+])=C(\OC2Cc3cccc(F)c3C2)C(=O)Nc2cccc(Cl)c2)CC1. The van der Waals surface area contributed by atoms with Crippen LogP contribution < -0.4 is 10.7 Å². The zero-order valence-electron chi connectivity index (χ0n) is 20.4. The Morgan fingerprint density at radius 3 is 2.58 bits per heavy atom. The van der Waals surface area contributed by atoms with Gasteiger partial charge in [0.15, 0.2) is 11.5 Å². The summed E-state index contributed by atoms with van der Waals surface area (Å²) in [7, 11) is 0. The highest BCUT2D eigenvalue weighted by molar-refractivity contribution is 7.89. The number of hydrogen-bond donors (Lipinski definition) is 3. The maximum atomic E-state index is 14.3. The summed E-state index contributed by atoms with van der Waals surface area (Å²) in [6.45, 7) is 6.36. The van der Waals surface area contributed by atoms with Crippen molar-refractivity contribution in [2.75, 3.05) is 31.5 Å². The normalized spacial score (nSPS) is 19.5. The van der Waals surface area contributed by atoms with E-state index in [4.69, 9.17) is 21.7 Å². The fourth-order valence-electron chi connectivity index (χ4n) is 4.54. The number of benzene rings is 2. The summed E-state index contributed by atoms with van der Waals surface area (Å²) in [6.07, 6.45) is 1.84. The molecule has 192 valence electrons. The molecule has 1 heterocycles. The number of nitrogens with zero attached hydrogens (tertiary/aromatic N) is 2. The molecule has 0 spiro atoms. The Balaban J connectivity index is 1.59. The summed E-state index contributed by atoms with van der Waals surface area (Å²) in [4.78, 5) is 15.5. The molecule has 1 aliphatic carbocycles. The van der Waals surface area contributed by atoms with Crippen LogP contribution in [0.3, 0.4) is 0 Å². The summed E-state index contributed by atoms with van der Waals surface area (Å²) in [5.74, 6) is -0.647. The average Bonchev–Trinajstić information content (AvgIpc) is 3.28. The Morgan fingerprint density at radius 2 is 1.94 bits per heavy atom. The molecule has 0 bridgehead atoms. The number of anilines is 1. The number of rotatable bonds is 8. The van der Waals surface area contributed by atoms with Crippen molar-refractivity contribution in [2.45, 2.75) is 38.0 Å². The number of nitrogens with one attached hydrogen (secondary N) is 1. The van der Waals surface area contributed by atoms with Crippen LogP contribution in [0.25, 0.3) is 0 Å². The molecule has 2 aliphatic rings. The highest BCUT2D eigenvalue weighted by Gasteiger charge is 2.36. The molecule has 1 fully saturated rings. The molecular weight excluding hydrogens is 503 g/mol. The summed E-state index contributed by atoms with van der Waals surface area (Å²) >= 11 is 5.27. The molecule has 2 unspecified atom stereocenters. The van der Waals surface area contributed by atoms with Crippen molar-refractivity contribution in [3.63, 3.8) is 0 Å². The zero-order valence-corrected chi connectivity index (χ0v) is 22.0. The van der Waals surface area contributed by atoms with Gasteiger partial charge in [0.2, 0.25) is 17.1 Å². The third kappa shape index (κ3) is 6.03. The first kappa shape index (κ1) is 26.5. The van der Waals surface area contributed by atoms with Gasteiger partial charge in [-0.05, 0) is 49.2 Å². The van der Waals surface area contributed by atoms with E-state index in [2.05, 4.69) is 5.32 Å². The van der Waals surface area contributed by atoms with E-state index >= 15 is 0 Å². The van der Waals surface area contributed by atoms with Crippen LogP contribution in [0.2, 0.25) is 5.02 Å². The van der Waals surface area contributed by atoms with E-state index in [1.807, 2.05) is 29.1 Å². The fraction of sp³-hybridized carbons (Fsp3) is 0.385. The van der Waals surface area contributed by atoms with E-state index < -0.39 is 23.4 Å². The number of hydrogen-bond acceptors (Lipinski definition) is 5. The maximum Gasteiger partial charge on any atom is 0.293 e. The lowest BCUT2D eigenvalue weighted by molar-refractivity contribution is -0.118. The smallest absolute Gasteiger partial charge is 0.293 e. The minimum Gasteiger partial charge on any atom is -0.482 e. The molecule has 0 saturated carbocycles. The molecule has 0 aromatic heterocycles. The largest absolute Gasteiger partial charge is 0.482 e. The first-order chi connectivity index (χ1) is 17.3. The van der Waals surface area contributed by atoms with Gasteiger partial charge < -0.3 is 15.0 Å². The van der Waals surface area contributed by atoms with Crippen LogP contribution in [0.15, 0.2) is 53.9 Å². The zero-order chi connectivity index (χ0) is 25.8. The van der Waals surface area contributed by atoms with E-state index in [-0.39, 0.29) is 16.8 Å². The number of amides is 1. The van der Waals surface area contributed by atoms with Crippen LogP contribution in [0, 0.1) is 5.82 Å². The topological polar surface area (TPSA) is 90.6 Å². The molecule has 2 aromatic carbocycles. The van der Waals surface area contributed by atoms with E-state index in [1.54, 1.807) is 30.3 Å². The van der Waals surface area contributed by atoms with Gasteiger partial charge >= 0.3 is 0 Å². The summed E-state index contributed by atoms with van der Waals surface area (Å²) in [5.41, 5.74) is 2.49. The summed E-state index contributed by atoms with van der Waals surface area (Å²) in [5, 5.41) is 9.54. The first-order valence-corrected chi connectivity index (χ1v) is 13.6. The second kappa shape index (κ2) is 11.6. The van der Waals surface area contributed by atoms with Crippen molar-refractivity contribution in [1.29, 1.82) is 0 Å². The Morgan fingerprint density at radius 1 is 1.22 bits per heavy atom. The van der Waals surface area contributed by atoms with Gasteiger partial charge in [0.1, 0.15) is 17.6 Å². The lowest BCUT2D eigenvalue weighted by atomic mass is 10.1. The molecule has 2 aromatic rings. The fourth-order valence-corrected chi connectivity index (χ4v) is 5.87. The monoisotopic (exact) mass is 534 g/mol. The Hall–Kier alpha value is -2.59. The highest BCUT2D eigenvalue weighted by Crippen LogP contribution is 2.29. The van der Waals surface area contributed by atoms with Gasteiger partial charge in [-0.15, -0.1) is 0 Å². The van der Waals surface area contributed by atoms with Crippen molar-refractivity contribution in [1.82, 2.24) is 9.21 Å². The predicted octanol–water partition coefficient (Wildman–Crippen LogP) is 2.68. The van der Waals surface area contributed by atoms with Crippen molar-refractivity contribution < 1.29 is 23.9 Å². The van der Waals surface area contributed by atoms with Crippen molar-refractivity contribution >= 4 is 40.8 Å². The van der Waals surface area contributed by atoms with Crippen molar-refractivity contribution in [3.05, 3.63) is 75.9 Å². The lowest BCUT2D eigenvalue weighted by Crippen LogP contribution is -2.51. The van der Waals surface area contributed by atoms with Crippen LogP contribution in [-0.4, -0.2) is 63.4 Å². The number of carbonyl (C=O) groups is 1. The van der Waals surface area contributed by atoms with Gasteiger partial charge in [-0.25, -0.2) is 4.39 Å². The minimum absolute atomic E-state index is 0.0796. The van der Waals surface area contributed by atoms with Crippen LogP contribution in [0.4, 0.5) is 10.1 Å². The van der Waals surface area contributed by atoms with E-state index in [9.17, 15) is 13.7 Å². The molecule has 4 rings (SSSR count). The standard InChI is InChI=1S/C26H30ClFN4O3S/c1-17(2)36(34)32-11-9-31(10-12-32)24(16-29)25(26(33)30-20-7-4-6-19(27)14-20)35-21-13-18-5-3-8-23(28)22(18)15-21/h3-8,14,16-17,21,29,34H,9-13,15H2,1-2H3/p+2/b25-24-,29-16?. The maximum absolute atomic E-state index is 14.3. The molecule has 1 saturated heterocycles. The van der Waals surface area contributed by atoms with Crippen LogP contribution in [-0.2, 0) is 33.7 Å². The van der Waals surface area contributed by atoms with Gasteiger partial charge in [0.05, 0.1) is 13.1 Å². The number of halogens is 2. The quantitative estimate of drug-likeness (QED) is 0.210. The van der Waals surface area contributed by atoms with Crippen molar-refractivity contribution in [2.24, 2.45) is 0 Å². The van der Waals surface area contributed by atoms with E-state index in [0.717, 1.165) is 5.56 Å². The molecule has 4 N–H and O–H groups in total. The lowest BCUT2D eigenvalue weighted by Gasteiger charge is -2.33. The molecule has 0 radical (unpaired) electrons. The Labute approximate surface area is 219 Å². The molecule has 36 heavy (non-hydrogen) atoms. The number of allylic oxidation sites excluding steroid dienone is 1. The summed E-state index contributed by atoms with van der Waals surface area (Å²) < 4.78 is 33.1. The first-order valence-electron chi connectivity index (χ1n) is 12.0. The van der Waals surface area contributed by atoms with Crippen LogP contribution >= 0.6 is 11.6 Å². The summed E-state index contributed by atoms with van der Waals surface area (Å²) in [6, 6.07) is 11.9. The number of carbonyl (C=O) groups excluding carboxylic acids is 1. The van der Waals surface area contributed by atoms with Gasteiger partial charge in [0.25, 0.3) is 5.91 Å². The molecule has 10 heteroatoms. The van der Waals surface area contributed by atoms with Gasteiger partial charge in [-0.3, -0.25) is 10.2 Å². The molecular formula is C26H32ClFN4O3S+2. The second-order valence-corrected chi connectivity index (χ2v) is 11.6. The number of ether oxygens (including phenoxy) is 1. The molecule has 7 nitrogen and oxygen atoms in total. The highest BCUT2D eigenvalue weighted by atomic mass is 35.5. The number of fused-ring (bicyclic) bond motifs is 1. The number of piperazine rings is 1. The third-order valence-corrected chi connectivity index (χ3v) is 8.30. The number of nitrogens with two attached hydrogens (primary N) is 1. The van der Waals surface area contributed by atoms with E-state index in [1.165, 1.54) is 12.3 Å². The average molecular weight is 535 g/mol. The van der Waals surface area contributed by atoms with Crippen molar-refractivity contribution in [3.8, 4) is 0 Å². The Kier molecular flexibility index (Phi) is 8.56. The van der Waals surface area contributed by atoms with Gasteiger partial charge in [0, 0.05) is 36.6 Å². The van der Waals surface area contributed by atoms with Gasteiger partial charge in [-0.1, -0.05) is 34.1 Å². The molecule has 1 amide bonds. The predicted molar refractivity (Wildman–Crippen MR) is 142 cm³/mol. The Bertz CT molecular complexity index is 1150. The minimum atomic E-state index is -0.825.